The Morgan fingerprint density at radius 3 is 2.39 bits per heavy atom. The Hall–Kier alpha value is -3.47. The molecule has 5 aromatic rings. The molecule has 1 amide bonds. The van der Waals surface area contributed by atoms with Gasteiger partial charge in [0.2, 0.25) is 5.91 Å². The molecule has 2 aromatic heterocycles. The Bertz CT molecular complexity index is 1970. The monoisotopic (exact) mass is 603 g/mol. The topological polar surface area (TPSA) is 98.1 Å². The van der Waals surface area contributed by atoms with Crippen LogP contribution in [0.3, 0.4) is 0 Å². The third-order valence-corrected chi connectivity index (χ3v) is 10.4. The van der Waals surface area contributed by atoms with Gasteiger partial charge in [-0.05, 0) is 70.3 Å². The van der Waals surface area contributed by atoms with Crippen LogP contribution in [-0.4, -0.2) is 29.6 Å². The minimum atomic E-state index is -4.06. The minimum Gasteiger partial charge on any atom is -0.273 e. The number of aromatic nitrogens is 2. The number of amides is 1. The molecule has 41 heavy (non-hydrogen) atoms. The Balaban J connectivity index is 1.32. The molecule has 1 fully saturated rings. The zero-order chi connectivity index (χ0) is 28.9. The maximum atomic E-state index is 13.8. The maximum absolute atomic E-state index is 13.8. The molecule has 1 saturated carbocycles. The lowest BCUT2D eigenvalue weighted by molar-refractivity contribution is -0.116. The molecule has 3 aromatic carbocycles. The molecule has 0 aliphatic heterocycles. The largest absolute Gasteiger partial charge is 0.273 e. The summed E-state index contributed by atoms with van der Waals surface area (Å²) < 4.78 is 29.6. The standard InChI is InChI=1S/C31H29N3O4S3/c1-31(2,3)20-10-12-21(13-11-20)41(37,38)33-27(35)18-40-30-32-28-25(16-17-39-28)29(36)34(30)26-15-14-22(19-8-9-19)23-6-4-5-7-24(23)26/h4-7,10-17,19H,8-9,18H2,1-3H3,(H,33,35). The van der Waals surface area contributed by atoms with E-state index in [-0.39, 0.29) is 21.6 Å². The van der Waals surface area contributed by atoms with E-state index in [0.717, 1.165) is 40.9 Å². The first-order valence-corrected chi connectivity index (χ1v) is 16.7. The van der Waals surface area contributed by atoms with Crippen LogP contribution in [0.4, 0.5) is 0 Å². The van der Waals surface area contributed by atoms with Gasteiger partial charge in [0.15, 0.2) is 5.16 Å². The number of nitrogens with zero attached hydrogens (tertiary/aromatic N) is 2. The molecule has 7 nitrogen and oxygen atoms in total. The van der Waals surface area contributed by atoms with E-state index in [9.17, 15) is 18.0 Å². The normalized spacial score (nSPS) is 14.0. The van der Waals surface area contributed by atoms with Crippen LogP contribution >= 0.6 is 23.1 Å². The van der Waals surface area contributed by atoms with Crippen LogP contribution < -0.4 is 10.3 Å². The average molecular weight is 604 g/mol. The van der Waals surface area contributed by atoms with Crippen molar-refractivity contribution in [3.8, 4) is 5.69 Å². The number of sulfonamides is 1. The summed E-state index contributed by atoms with van der Waals surface area (Å²) >= 11 is 2.39. The first-order chi connectivity index (χ1) is 19.5. The fourth-order valence-corrected chi connectivity index (χ4v) is 7.64. The predicted octanol–water partition coefficient (Wildman–Crippen LogP) is 6.37. The summed E-state index contributed by atoms with van der Waals surface area (Å²) in [6, 6.07) is 20.3. The van der Waals surface area contributed by atoms with Crippen molar-refractivity contribution in [3.63, 3.8) is 0 Å². The summed E-state index contributed by atoms with van der Waals surface area (Å²) in [4.78, 5) is 32.0. The van der Waals surface area contributed by atoms with E-state index in [2.05, 4.69) is 16.9 Å². The van der Waals surface area contributed by atoms with E-state index >= 15 is 0 Å². The Morgan fingerprint density at radius 1 is 1.00 bits per heavy atom. The number of fused-ring (bicyclic) bond motifs is 2. The molecular formula is C31H29N3O4S3. The van der Waals surface area contributed by atoms with Gasteiger partial charge in [0, 0.05) is 5.39 Å². The summed E-state index contributed by atoms with van der Waals surface area (Å²) in [6.07, 6.45) is 2.32. The van der Waals surface area contributed by atoms with E-state index in [4.69, 9.17) is 4.98 Å². The van der Waals surface area contributed by atoms with E-state index in [1.165, 1.54) is 29.0 Å². The van der Waals surface area contributed by atoms with Crippen LogP contribution in [0.15, 0.2) is 87.0 Å². The van der Waals surface area contributed by atoms with Gasteiger partial charge in [-0.3, -0.25) is 14.2 Å². The van der Waals surface area contributed by atoms with Crippen molar-refractivity contribution in [2.45, 2.75) is 55.0 Å². The van der Waals surface area contributed by atoms with Gasteiger partial charge in [-0.15, -0.1) is 11.3 Å². The summed E-state index contributed by atoms with van der Waals surface area (Å²) in [5.41, 5.74) is 2.60. The highest BCUT2D eigenvalue weighted by Crippen LogP contribution is 2.44. The van der Waals surface area contributed by atoms with Gasteiger partial charge in [-0.1, -0.05) is 75.0 Å². The average Bonchev–Trinajstić information content (AvgIpc) is 3.67. The van der Waals surface area contributed by atoms with Crippen LogP contribution in [0.25, 0.3) is 26.7 Å². The number of nitrogens with one attached hydrogen (secondary N) is 1. The zero-order valence-electron chi connectivity index (χ0n) is 22.9. The molecule has 0 bridgehead atoms. The Morgan fingerprint density at radius 2 is 1.71 bits per heavy atom. The number of thioether (sulfide) groups is 1. The predicted molar refractivity (Wildman–Crippen MR) is 166 cm³/mol. The Kier molecular flexibility index (Phi) is 7.04. The molecule has 1 N–H and O–H groups in total. The van der Waals surface area contributed by atoms with Gasteiger partial charge in [-0.25, -0.2) is 18.1 Å². The molecule has 6 rings (SSSR count). The second kappa shape index (κ2) is 10.4. The molecule has 10 heteroatoms. The quantitative estimate of drug-likeness (QED) is 0.171. The van der Waals surface area contributed by atoms with Crippen molar-refractivity contribution in [3.05, 3.63) is 93.6 Å². The minimum absolute atomic E-state index is 0.0149. The lowest BCUT2D eigenvalue weighted by Crippen LogP contribution is -2.32. The molecule has 1 aliphatic carbocycles. The van der Waals surface area contributed by atoms with Crippen molar-refractivity contribution < 1.29 is 13.2 Å². The second-order valence-corrected chi connectivity index (χ2v) is 14.8. The van der Waals surface area contributed by atoms with Crippen molar-refractivity contribution >= 4 is 60.0 Å². The van der Waals surface area contributed by atoms with Crippen molar-refractivity contribution in [1.82, 2.24) is 14.3 Å². The van der Waals surface area contributed by atoms with Gasteiger partial charge in [0.1, 0.15) is 4.83 Å². The number of rotatable bonds is 7. The third-order valence-electron chi connectivity index (χ3n) is 7.27. The van der Waals surface area contributed by atoms with Crippen LogP contribution in [-0.2, 0) is 20.2 Å². The molecule has 0 radical (unpaired) electrons. The third kappa shape index (κ3) is 5.43. The molecule has 0 unspecified atom stereocenters. The molecule has 0 atom stereocenters. The van der Waals surface area contributed by atoms with Gasteiger partial charge < -0.3 is 0 Å². The fraction of sp³-hybridized carbons (Fsp3) is 0.258. The highest BCUT2D eigenvalue weighted by Gasteiger charge is 2.27. The smallest absolute Gasteiger partial charge is 0.267 e. The first kappa shape index (κ1) is 27.7. The van der Waals surface area contributed by atoms with Crippen LogP contribution in [0.5, 0.6) is 0 Å². The molecule has 210 valence electrons. The fourth-order valence-electron chi connectivity index (χ4n) is 4.96. The van der Waals surface area contributed by atoms with E-state index in [0.29, 0.717) is 27.0 Å². The van der Waals surface area contributed by atoms with Crippen molar-refractivity contribution in [2.24, 2.45) is 0 Å². The van der Waals surface area contributed by atoms with Crippen LogP contribution in [0, 0.1) is 0 Å². The Labute approximate surface area is 246 Å². The summed E-state index contributed by atoms with van der Waals surface area (Å²) in [5, 5.41) is 4.68. The van der Waals surface area contributed by atoms with Crippen molar-refractivity contribution in [2.75, 3.05) is 5.75 Å². The number of hydrogen-bond acceptors (Lipinski definition) is 7. The lowest BCUT2D eigenvalue weighted by Gasteiger charge is -2.19. The molecule has 2 heterocycles. The molecule has 0 spiro atoms. The van der Waals surface area contributed by atoms with Crippen LogP contribution in [0.2, 0.25) is 0 Å². The van der Waals surface area contributed by atoms with Gasteiger partial charge in [-0.2, -0.15) is 0 Å². The van der Waals surface area contributed by atoms with E-state index in [1.54, 1.807) is 22.8 Å². The van der Waals surface area contributed by atoms with Gasteiger partial charge >= 0.3 is 0 Å². The zero-order valence-corrected chi connectivity index (χ0v) is 25.3. The molecular weight excluding hydrogens is 575 g/mol. The SMILES string of the molecule is CC(C)(C)c1ccc(S(=O)(=O)NC(=O)CSc2nc3sccc3c(=O)n2-c2ccc(C3CC3)c3ccccc23)cc1. The van der Waals surface area contributed by atoms with Gasteiger partial charge in [0.05, 0.1) is 21.7 Å². The highest BCUT2D eigenvalue weighted by molar-refractivity contribution is 8.00. The van der Waals surface area contributed by atoms with Crippen molar-refractivity contribution in [1.29, 1.82) is 0 Å². The van der Waals surface area contributed by atoms with E-state index < -0.39 is 15.9 Å². The van der Waals surface area contributed by atoms with Gasteiger partial charge in [0.25, 0.3) is 15.6 Å². The first-order valence-electron chi connectivity index (χ1n) is 13.3. The molecule has 0 saturated heterocycles. The highest BCUT2D eigenvalue weighted by atomic mass is 32.2. The maximum Gasteiger partial charge on any atom is 0.267 e. The van der Waals surface area contributed by atoms with E-state index in [1.807, 2.05) is 50.4 Å². The summed E-state index contributed by atoms with van der Waals surface area (Å²) in [7, 11) is -4.06. The second-order valence-electron chi connectivity index (χ2n) is 11.3. The molecule has 1 aliphatic rings. The number of hydrogen-bond donors (Lipinski definition) is 1. The summed E-state index contributed by atoms with van der Waals surface area (Å²) in [6.45, 7) is 6.13. The number of carbonyl (C=O) groups is 1. The number of carbonyl (C=O) groups excluding carboxylic acids is 1. The number of benzene rings is 3. The van der Waals surface area contributed by atoms with Crippen LogP contribution in [0.1, 0.15) is 50.7 Å². The lowest BCUT2D eigenvalue weighted by atomic mass is 9.87. The summed E-state index contributed by atoms with van der Waals surface area (Å²) in [5.74, 6) is -0.399. The number of thiophene rings is 1.